The predicted octanol–water partition coefficient (Wildman–Crippen LogP) is 3.66. The number of hydrogen-bond donors (Lipinski definition) is 2. The number of carbonyl (C=O) groups excluding carboxylic acids is 1. The average Bonchev–Trinajstić information content (AvgIpc) is 2.78. The van der Waals surface area contributed by atoms with Crippen LogP contribution >= 0.6 is 0 Å². The van der Waals surface area contributed by atoms with Crippen LogP contribution in [0.1, 0.15) is 60.2 Å². The van der Waals surface area contributed by atoms with Gasteiger partial charge in [-0.1, -0.05) is 19.4 Å². The maximum atomic E-state index is 14.7. The van der Waals surface area contributed by atoms with Gasteiger partial charge in [0.2, 0.25) is 6.41 Å². The Morgan fingerprint density at radius 2 is 1.79 bits per heavy atom. The first kappa shape index (κ1) is 28.4. The lowest BCUT2D eigenvalue weighted by molar-refractivity contribution is -0.106. The van der Waals surface area contributed by atoms with Crippen LogP contribution in [0.5, 0.6) is 0 Å². The molecule has 7 heteroatoms. The summed E-state index contributed by atoms with van der Waals surface area (Å²) in [6.07, 6.45) is 2.93. The first-order valence-electron chi connectivity index (χ1n) is 11.6. The highest BCUT2D eigenvalue weighted by Gasteiger charge is 2.21. The number of pyridine rings is 1. The Labute approximate surface area is 198 Å². The van der Waals surface area contributed by atoms with Crippen molar-refractivity contribution < 1.29 is 9.18 Å². The smallest absolute Gasteiger partial charge is 0.254 e. The number of nitrogens with one attached hydrogen (secondary N) is 1. The van der Waals surface area contributed by atoms with Crippen LogP contribution in [-0.2, 0) is 18.3 Å². The number of nitrogens with zero attached hydrogens (tertiary/aromatic N) is 2. The van der Waals surface area contributed by atoms with Gasteiger partial charge in [-0.25, -0.2) is 4.39 Å². The van der Waals surface area contributed by atoms with Crippen LogP contribution in [0.15, 0.2) is 16.9 Å². The summed E-state index contributed by atoms with van der Waals surface area (Å²) in [6, 6.07) is 4.78. The third-order valence-corrected chi connectivity index (χ3v) is 6.32. The molecule has 1 unspecified atom stereocenters. The summed E-state index contributed by atoms with van der Waals surface area (Å²) in [6.45, 7) is 13.8. The molecule has 1 aromatic heterocycles. The van der Waals surface area contributed by atoms with E-state index in [1.165, 1.54) is 15.8 Å². The Hall–Kier alpha value is -2.67. The fourth-order valence-electron chi connectivity index (χ4n) is 4.42. The first-order valence-corrected chi connectivity index (χ1v) is 11.6. The highest BCUT2D eigenvalue weighted by Crippen LogP contribution is 2.30. The van der Waals surface area contributed by atoms with E-state index in [0.717, 1.165) is 37.1 Å². The van der Waals surface area contributed by atoms with Crippen LogP contribution in [0.3, 0.4) is 0 Å². The van der Waals surface area contributed by atoms with E-state index in [2.05, 4.69) is 55.8 Å². The summed E-state index contributed by atoms with van der Waals surface area (Å²) in [5.74, 6) is -0.287. The van der Waals surface area contributed by atoms with Gasteiger partial charge in [0.1, 0.15) is 5.82 Å². The summed E-state index contributed by atoms with van der Waals surface area (Å²) in [4.78, 5) is 23.9. The Bertz CT molecular complexity index is 995. The zero-order valence-corrected chi connectivity index (χ0v) is 21.5. The number of rotatable bonds is 9. The molecule has 0 aliphatic heterocycles. The molecule has 0 fully saturated rings. The third-order valence-electron chi connectivity index (χ3n) is 6.32. The van der Waals surface area contributed by atoms with Gasteiger partial charge in [-0.2, -0.15) is 0 Å². The molecular weight excluding hydrogens is 419 g/mol. The molecule has 0 radical (unpaired) electrons. The summed E-state index contributed by atoms with van der Waals surface area (Å²) in [7, 11) is 3.64. The van der Waals surface area contributed by atoms with Crippen molar-refractivity contribution in [2.24, 2.45) is 12.8 Å². The second kappa shape index (κ2) is 13.1. The van der Waals surface area contributed by atoms with E-state index in [1.807, 2.05) is 7.05 Å². The van der Waals surface area contributed by atoms with Gasteiger partial charge >= 0.3 is 0 Å². The lowest BCUT2D eigenvalue weighted by Crippen LogP contribution is -2.42. The molecule has 33 heavy (non-hydrogen) atoms. The molecule has 2 aromatic rings. The minimum atomic E-state index is -0.287. The maximum Gasteiger partial charge on any atom is 0.254 e. The molecule has 0 aliphatic carbocycles. The van der Waals surface area contributed by atoms with Crippen molar-refractivity contribution in [3.8, 4) is 0 Å². The highest BCUT2D eigenvalue weighted by molar-refractivity contribution is 5.60. The van der Waals surface area contributed by atoms with Gasteiger partial charge in [0.25, 0.3) is 5.56 Å². The van der Waals surface area contributed by atoms with E-state index in [9.17, 15) is 9.18 Å². The van der Waals surface area contributed by atoms with E-state index < -0.39 is 0 Å². The van der Waals surface area contributed by atoms with Crippen LogP contribution in [0.25, 0.3) is 0 Å². The number of primary amides is 1. The van der Waals surface area contributed by atoms with E-state index in [4.69, 9.17) is 4.79 Å². The number of nitrogens with two attached hydrogens (primary N) is 1. The molecule has 1 heterocycles. The lowest BCUT2D eigenvalue weighted by Gasteiger charge is -2.35. The molecule has 2 rings (SSSR count). The number of amides is 1. The molecule has 0 spiro atoms. The minimum absolute atomic E-state index is 0.111. The van der Waals surface area contributed by atoms with Gasteiger partial charge in [-0.05, 0) is 76.4 Å². The number of aromatic nitrogens is 1. The first-order chi connectivity index (χ1) is 15.6. The van der Waals surface area contributed by atoms with Gasteiger partial charge in [-0.15, -0.1) is 0 Å². The van der Waals surface area contributed by atoms with Crippen LogP contribution in [0, 0.1) is 33.5 Å². The van der Waals surface area contributed by atoms with Gasteiger partial charge in [0, 0.05) is 43.9 Å². The van der Waals surface area contributed by atoms with E-state index >= 15 is 0 Å². The van der Waals surface area contributed by atoms with E-state index in [-0.39, 0.29) is 17.8 Å². The average molecular weight is 461 g/mol. The van der Waals surface area contributed by atoms with Gasteiger partial charge in [-0.3, -0.25) is 9.59 Å². The molecule has 1 aromatic carbocycles. The number of aryl methyl sites for hydroxylation is 1. The highest BCUT2D eigenvalue weighted by atomic mass is 19.1. The topological polar surface area (TPSA) is 80.4 Å². The van der Waals surface area contributed by atoms with Crippen molar-refractivity contribution in [2.45, 2.75) is 66.8 Å². The maximum absolute atomic E-state index is 14.7. The summed E-state index contributed by atoms with van der Waals surface area (Å²) in [5, 5.41) is 3.33. The molecular formula is C26H41FN4O2. The molecule has 0 bridgehead atoms. The van der Waals surface area contributed by atoms with Crippen molar-refractivity contribution in [3.05, 3.63) is 61.8 Å². The van der Waals surface area contributed by atoms with Crippen molar-refractivity contribution in [1.82, 2.24) is 9.88 Å². The number of anilines is 1. The molecule has 6 nitrogen and oxygen atoms in total. The van der Waals surface area contributed by atoms with Crippen molar-refractivity contribution in [2.75, 3.05) is 25.0 Å². The molecule has 0 saturated heterocycles. The van der Waals surface area contributed by atoms with Crippen molar-refractivity contribution in [3.63, 3.8) is 0 Å². The predicted molar refractivity (Wildman–Crippen MR) is 136 cm³/mol. The largest absolute Gasteiger partial charge is 0.372 e. The van der Waals surface area contributed by atoms with Gasteiger partial charge < -0.3 is 20.5 Å². The second-order valence-corrected chi connectivity index (χ2v) is 8.53. The summed E-state index contributed by atoms with van der Waals surface area (Å²) >= 11 is 0. The number of halogens is 1. The summed E-state index contributed by atoms with van der Waals surface area (Å²) < 4.78 is 16.1. The number of carbonyl (C=O) groups is 1. The standard InChI is InChI=1S/C25H38FN3O.CH3NO/c1-9-11-21(15-27-7)29(10-2)23-13-16(3)12-20(17(23)4)14-22-18(5)24(26)19(6)28(8)25(22)30;2-1-3/h12-13,21,27H,9-11,14-15H2,1-8H3;1H,(H2,2,3). The molecule has 0 aliphatic rings. The van der Waals surface area contributed by atoms with Crippen LogP contribution in [0.4, 0.5) is 10.1 Å². The Morgan fingerprint density at radius 1 is 1.18 bits per heavy atom. The summed E-state index contributed by atoms with van der Waals surface area (Å²) in [5.41, 5.74) is 10.1. The number of likely N-dealkylation sites (N-methyl/N-ethyl adjacent to an activating group) is 2. The number of benzene rings is 1. The Morgan fingerprint density at radius 3 is 2.30 bits per heavy atom. The molecule has 1 amide bonds. The minimum Gasteiger partial charge on any atom is -0.372 e. The van der Waals surface area contributed by atoms with Crippen LogP contribution < -0.4 is 21.5 Å². The zero-order valence-electron chi connectivity index (χ0n) is 21.5. The van der Waals surface area contributed by atoms with Gasteiger partial charge in [0.15, 0.2) is 0 Å². The van der Waals surface area contributed by atoms with E-state index in [0.29, 0.717) is 29.3 Å². The molecule has 1 atom stereocenters. The van der Waals surface area contributed by atoms with Gasteiger partial charge in [0.05, 0.1) is 5.69 Å². The third kappa shape index (κ3) is 6.67. The normalized spacial score (nSPS) is 11.5. The zero-order chi connectivity index (χ0) is 25.3. The van der Waals surface area contributed by atoms with E-state index in [1.54, 1.807) is 20.9 Å². The Kier molecular flexibility index (Phi) is 11.3. The lowest BCUT2D eigenvalue weighted by atomic mass is 9.94. The molecule has 184 valence electrons. The fourth-order valence-corrected chi connectivity index (χ4v) is 4.42. The second-order valence-electron chi connectivity index (χ2n) is 8.53. The molecule has 3 N–H and O–H groups in total. The van der Waals surface area contributed by atoms with Crippen LogP contribution in [-0.4, -0.2) is 37.2 Å². The molecule has 0 saturated carbocycles. The number of hydrogen-bond acceptors (Lipinski definition) is 4. The van der Waals surface area contributed by atoms with Crippen molar-refractivity contribution >= 4 is 12.1 Å². The SMILES string of the molecule is CCCC(CNC)N(CC)c1cc(C)cc(Cc2c(C)c(F)c(C)n(C)c2=O)c1C.NC=O. The van der Waals surface area contributed by atoms with Crippen LogP contribution in [0.2, 0.25) is 0 Å². The quantitative estimate of drug-likeness (QED) is 0.560. The monoisotopic (exact) mass is 460 g/mol. The fraction of sp³-hybridized carbons (Fsp3) is 0.538. The van der Waals surface area contributed by atoms with Crippen molar-refractivity contribution in [1.29, 1.82) is 0 Å². The Balaban J connectivity index is 0.00000172.